The summed E-state index contributed by atoms with van der Waals surface area (Å²) in [6.07, 6.45) is 1.89. The number of imide groups is 2. The Balaban J connectivity index is 1.40. The monoisotopic (exact) mass is 704 g/mol. The number of allylic oxidation sites excluding steroid dienone is 2. The summed E-state index contributed by atoms with van der Waals surface area (Å²) in [6, 6.07) is 9.63. The zero-order valence-corrected chi connectivity index (χ0v) is 27.6. The smallest absolute Gasteiger partial charge is 0.339 e. The number of phenols is 2. The van der Waals surface area contributed by atoms with E-state index in [9.17, 15) is 43.7 Å². The van der Waals surface area contributed by atoms with Gasteiger partial charge in [-0.2, -0.15) is 0 Å². The molecule has 3 N–H and O–H groups in total. The van der Waals surface area contributed by atoms with Crippen molar-refractivity contribution >= 4 is 52.6 Å². The summed E-state index contributed by atoms with van der Waals surface area (Å²) >= 11 is 6.07. The van der Waals surface area contributed by atoms with Crippen molar-refractivity contribution in [2.45, 2.75) is 25.7 Å². The maximum atomic E-state index is 14.7. The number of carbonyl (C=O) groups is 5. The minimum atomic E-state index is -1.52. The Kier molecular flexibility index (Phi) is 7.66. The normalized spacial score (nSPS) is 27.1. The SMILES string of the molecule is COc1cc(O)cc(OC)c1[C@H]1C2=CC[C@@H]3C(=O)N(c4ccc(C(=O)O)c(O)c4)C(=O)[C@@H]3[C@@H]2C[C@H]2C(=O)N(c3ccc(F)c(Cl)c3)C(=O)[C@@]12C. The second kappa shape index (κ2) is 11.6. The van der Waals surface area contributed by atoms with Gasteiger partial charge in [-0.25, -0.2) is 19.0 Å². The van der Waals surface area contributed by atoms with Crippen LogP contribution in [0, 0.1) is 34.9 Å². The van der Waals surface area contributed by atoms with Crippen LogP contribution in [-0.4, -0.2) is 59.1 Å². The summed E-state index contributed by atoms with van der Waals surface area (Å²) < 4.78 is 25.6. The van der Waals surface area contributed by atoms with E-state index in [1.807, 2.05) is 0 Å². The van der Waals surface area contributed by atoms with Gasteiger partial charge in [-0.15, -0.1) is 0 Å². The number of aromatic carboxylic acids is 1. The quantitative estimate of drug-likeness (QED) is 0.233. The van der Waals surface area contributed by atoms with Gasteiger partial charge >= 0.3 is 5.97 Å². The Morgan fingerprint density at radius 3 is 2.14 bits per heavy atom. The number of carbonyl (C=O) groups excluding carboxylic acids is 4. The third-order valence-corrected chi connectivity index (χ3v) is 11.0. The van der Waals surface area contributed by atoms with Gasteiger partial charge in [0.25, 0.3) is 0 Å². The van der Waals surface area contributed by atoms with Crippen molar-refractivity contribution in [1.29, 1.82) is 0 Å². The number of halogens is 2. The average Bonchev–Trinajstić information content (AvgIpc) is 3.45. The maximum Gasteiger partial charge on any atom is 0.339 e. The van der Waals surface area contributed by atoms with Crippen molar-refractivity contribution in [3.8, 4) is 23.0 Å². The second-order valence-electron chi connectivity index (χ2n) is 13.0. The van der Waals surface area contributed by atoms with E-state index in [2.05, 4.69) is 0 Å². The zero-order valence-electron chi connectivity index (χ0n) is 26.8. The number of aromatic hydroxyl groups is 2. The first-order valence-electron chi connectivity index (χ1n) is 15.7. The van der Waals surface area contributed by atoms with Crippen molar-refractivity contribution in [2.75, 3.05) is 24.0 Å². The van der Waals surface area contributed by atoms with Crippen LogP contribution in [0.15, 0.2) is 60.2 Å². The highest BCUT2D eigenvalue weighted by Crippen LogP contribution is 2.66. The molecule has 2 aliphatic heterocycles. The fraction of sp³-hybridized carbons (Fsp3) is 0.306. The standard InChI is InChI=1S/C36H30ClFN2O10/c1-36-22(32(44)40(35(36)48)15-5-9-24(38)23(37)10-15)14-21-18(30(36)29-26(49-2)12-17(41)13-27(29)50-3)7-8-20-28(21)33(45)39(31(20)43)16-4-6-19(34(46)47)25(42)11-16/h4-7,9-13,20-22,28,30,41-42H,8,14H2,1-3H3,(H,46,47)/t20-,21+,22-,28-,30+,36+/m0/s1. The first kappa shape index (κ1) is 33.1. The minimum absolute atomic E-state index is 0.00518. The van der Waals surface area contributed by atoms with Gasteiger partial charge in [0.1, 0.15) is 34.4 Å². The number of fused-ring (bicyclic) bond motifs is 4. The van der Waals surface area contributed by atoms with Gasteiger partial charge in [0.05, 0.1) is 53.8 Å². The van der Waals surface area contributed by atoms with E-state index in [-0.39, 0.29) is 46.5 Å². The van der Waals surface area contributed by atoms with Gasteiger partial charge in [-0.1, -0.05) is 23.3 Å². The van der Waals surface area contributed by atoms with Crippen molar-refractivity contribution in [2.24, 2.45) is 29.1 Å². The molecule has 4 aliphatic rings. The van der Waals surface area contributed by atoms with Gasteiger partial charge < -0.3 is 24.8 Å². The van der Waals surface area contributed by atoms with Crippen LogP contribution in [0.1, 0.15) is 41.6 Å². The predicted octanol–water partition coefficient (Wildman–Crippen LogP) is 5.04. The third kappa shape index (κ3) is 4.52. The largest absolute Gasteiger partial charge is 0.508 e. The summed E-state index contributed by atoms with van der Waals surface area (Å²) in [7, 11) is 2.75. The highest BCUT2D eigenvalue weighted by atomic mass is 35.5. The molecule has 0 aromatic heterocycles. The molecule has 0 radical (unpaired) electrons. The molecule has 1 saturated carbocycles. The van der Waals surface area contributed by atoms with Gasteiger partial charge in [-0.3, -0.25) is 19.2 Å². The predicted molar refractivity (Wildman–Crippen MR) is 175 cm³/mol. The molecular weight excluding hydrogens is 675 g/mol. The van der Waals surface area contributed by atoms with E-state index in [1.165, 1.54) is 44.6 Å². The molecule has 2 saturated heterocycles. The lowest BCUT2D eigenvalue weighted by molar-refractivity contribution is -0.131. The Labute approximate surface area is 289 Å². The lowest BCUT2D eigenvalue weighted by Crippen LogP contribution is -2.49. The summed E-state index contributed by atoms with van der Waals surface area (Å²) in [5.41, 5.74) is -0.935. The number of carboxylic acid groups (broad SMARTS) is 1. The number of carboxylic acids is 1. The number of nitrogens with zero attached hydrogens (tertiary/aromatic N) is 2. The molecule has 0 bridgehead atoms. The number of hydrogen-bond acceptors (Lipinski definition) is 9. The van der Waals surface area contributed by atoms with Gasteiger partial charge in [0.2, 0.25) is 23.6 Å². The molecule has 258 valence electrons. The van der Waals surface area contributed by atoms with Crippen LogP contribution in [0.3, 0.4) is 0 Å². The van der Waals surface area contributed by atoms with Crippen molar-refractivity contribution in [1.82, 2.24) is 0 Å². The molecule has 2 heterocycles. The molecule has 4 amide bonds. The fourth-order valence-electron chi connectivity index (χ4n) is 8.50. The van der Waals surface area contributed by atoms with Crippen LogP contribution in [-0.2, 0) is 19.2 Å². The van der Waals surface area contributed by atoms with Crippen LogP contribution in [0.2, 0.25) is 5.02 Å². The van der Waals surface area contributed by atoms with Crippen LogP contribution in [0.5, 0.6) is 23.0 Å². The number of anilines is 2. The summed E-state index contributed by atoms with van der Waals surface area (Å²) in [6.45, 7) is 1.64. The van der Waals surface area contributed by atoms with Gasteiger partial charge in [0, 0.05) is 29.7 Å². The number of amides is 4. The average molecular weight is 705 g/mol. The molecule has 14 heteroatoms. The topological polar surface area (TPSA) is 171 Å². The number of methoxy groups -OCH3 is 2. The summed E-state index contributed by atoms with van der Waals surface area (Å²) in [5.74, 6) is -9.61. The van der Waals surface area contributed by atoms with Gasteiger partial charge in [-0.05, 0) is 56.0 Å². The lowest BCUT2D eigenvalue weighted by atomic mass is 9.51. The molecule has 7 rings (SSSR count). The summed E-state index contributed by atoms with van der Waals surface area (Å²) in [4.78, 5) is 70.7. The number of ether oxygens (including phenoxy) is 2. The van der Waals surface area contributed by atoms with Crippen molar-refractivity contribution in [3.63, 3.8) is 0 Å². The number of hydrogen-bond donors (Lipinski definition) is 3. The molecule has 3 fully saturated rings. The van der Waals surface area contributed by atoms with Crippen LogP contribution < -0.4 is 19.3 Å². The lowest BCUT2D eigenvalue weighted by Gasteiger charge is -2.49. The third-order valence-electron chi connectivity index (χ3n) is 10.7. The number of rotatable bonds is 6. The summed E-state index contributed by atoms with van der Waals surface area (Å²) in [5, 5.41) is 29.9. The number of phenolic OH excluding ortho intramolecular Hbond substituents is 1. The Hall–Kier alpha value is -5.43. The van der Waals surface area contributed by atoms with E-state index in [0.717, 1.165) is 28.0 Å². The number of benzene rings is 3. The molecule has 3 aromatic rings. The van der Waals surface area contributed by atoms with E-state index < -0.39 is 81.7 Å². The maximum absolute atomic E-state index is 14.7. The van der Waals surface area contributed by atoms with Crippen LogP contribution in [0.25, 0.3) is 0 Å². The molecule has 2 aliphatic carbocycles. The van der Waals surface area contributed by atoms with Crippen LogP contribution in [0.4, 0.5) is 15.8 Å². The highest BCUT2D eigenvalue weighted by molar-refractivity contribution is 6.32. The highest BCUT2D eigenvalue weighted by Gasteiger charge is 2.68. The zero-order chi connectivity index (χ0) is 36.0. The first-order valence-corrected chi connectivity index (χ1v) is 16.0. The minimum Gasteiger partial charge on any atom is -0.508 e. The molecule has 50 heavy (non-hydrogen) atoms. The fourth-order valence-corrected chi connectivity index (χ4v) is 8.67. The molecular formula is C36H30ClFN2O10. The molecule has 0 spiro atoms. The van der Waals surface area contributed by atoms with Crippen molar-refractivity contribution in [3.05, 3.63) is 82.1 Å². The molecule has 0 unspecified atom stereocenters. The van der Waals surface area contributed by atoms with Gasteiger partial charge in [0.15, 0.2) is 0 Å². The van der Waals surface area contributed by atoms with E-state index >= 15 is 0 Å². The van der Waals surface area contributed by atoms with E-state index in [1.54, 1.807) is 13.0 Å². The first-order chi connectivity index (χ1) is 23.7. The second-order valence-corrected chi connectivity index (χ2v) is 13.4. The van der Waals surface area contributed by atoms with E-state index in [4.69, 9.17) is 21.1 Å². The Morgan fingerprint density at radius 1 is 0.900 bits per heavy atom. The van der Waals surface area contributed by atoms with Crippen LogP contribution >= 0.6 is 11.6 Å². The Morgan fingerprint density at radius 2 is 1.54 bits per heavy atom. The van der Waals surface area contributed by atoms with E-state index in [0.29, 0.717) is 11.1 Å². The Bertz CT molecular complexity index is 2060. The molecule has 6 atom stereocenters. The molecule has 3 aromatic carbocycles. The molecule has 12 nitrogen and oxygen atoms in total. The van der Waals surface area contributed by atoms with Crippen molar-refractivity contribution < 1.29 is 53.2 Å².